The molecule has 5 nitrogen and oxygen atoms in total. The first-order valence-corrected chi connectivity index (χ1v) is 8.08. The van der Waals surface area contributed by atoms with Crippen LogP contribution >= 0.6 is 11.3 Å². The van der Waals surface area contributed by atoms with E-state index in [9.17, 15) is 9.59 Å². The highest BCUT2D eigenvalue weighted by Crippen LogP contribution is 2.28. The smallest absolute Gasteiger partial charge is 0.305 e. The van der Waals surface area contributed by atoms with Crippen LogP contribution in [0.25, 0.3) is 21.6 Å². The van der Waals surface area contributed by atoms with Crippen molar-refractivity contribution < 1.29 is 9.90 Å². The number of hydrogen-bond donors (Lipinski definition) is 1. The summed E-state index contributed by atoms with van der Waals surface area (Å²) in [5, 5.41) is 9.56. The number of hydrogen-bond acceptors (Lipinski definition) is 4. The number of aliphatic carboxylic acids is 1. The first-order chi connectivity index (χ1) is 11.0. The Hall–Kier alpha value is -2.47. The molecule has 3 rings (SSSR count). The van der Waals surface area contributed by atoms with Crippen molar-refractivity contribution in [2.45, 2.75) is 26.8 Å². The molecule has 0 bridgehead atoms. The van der Waals surface area contributed by atoms with E-state index < -0.39 is 5.97 Å². The van der Waals surface area contributed by atoms with Crippen LogP contribution in [0.2, 0.25) is 0 Å². The Kier molecular flexibility index (Phi) is 4.00. The van der Waals surface area contributed by atoms with Crippen molar-refractivity contribution >= 4 is 27.5 Å². The second kappa shape index (κ2) is 5.96. The number of rotatable bonds is 4. The van der Waals surface area contributed by atoms with Crippen molar-refractivity contribution in [3.05, 3.63) is 51.1 Å². The molecule has 2 aromatic heterocycles. The molecule has 0 radical (unpaired) electrons. The van der Waals surface area contributed by atoms with Crippen molar-refractivity contribution in [1.29, 1.82) is 0 Å². The molecular formula is C17H16N2O3S. The maximum Gasteiger partial charge on any atom is 0.305 e. The maximum atomic E-state index is 12.9. The molecule has 1 N–H and O–H groups in total. The summed E-state index contributed by atoms with van der Waals surface area (Å²) in [5.74, 6) is -0.417. The van der Waals surface area contributed by atoms with Gasteiger partial charge in [-0.05, 0) is 19.4 Å². The Labute approximate surface area is 136 Å². The van der Waals surface area contributed by atoms with E-state index >= 15 is 0 Å². The number of fused-ring (bicyclic) bond motifs is 1. The van der Waals surface area contributed by atoms with Gasteiger partial charge in [0, 0.05) is 17.0 Å². The number of carboxylic acid groups (broad SMARTS) is 1. The average molecular weight is 328 g/mol. The van der Waals surface area contributed by atoms with Crippen molar-refractivity contribution in [3.8, 4) is 11.4 Å². The summed E-state index contributed by atoms with van der Waals surface area (Å²) in [5.41, 5.74) is 1.56. The van der Waals surface area contributed by atoms with E-state index in [0.717, 1.165) is 16.0 Å². The highest BCUT2D eigenvalue weighted by atomic mass is 32.1. The number of thiophene rings is 1. The summed E-state index contributed by atoms with van der Waals surface area (Å²) < 4.78 is 1.48. The van der Waals surface area contributed by atoms with E-state index in [1.165, 1.54) is 15.9 Å². The van der Waals surface area contributed by atoms with Gasteiger partial charge in [-0.1, -0.05) is 30.3 Å². The van der Waals surface area contributed by atoms with Crippen LogP contribution in [0.4, 0.5) is 0 Å². The molecule has 6 heteroatoms. The summed E-state index contributed by atoms with van der Waals surface area (Å²) in [7, 11) is 0. The number of carboxylic acids is 1. The predicted molar refractivity (Wildman–Crippen MR) is 91.0 cm³/mol. The molecule has 0 spiro atoms. The molecule has 0 saturated heterocycles. The highest BCUT2D eigenvalue weighted by molar-refractivity contribution is 7.18. The van der Waals surface area contributed by atoms with Gasteiger partial charge in [0.2, 0.25) is 0 Å². The minimum atomic E-state index is -0.936. The summed E-state index contributed by atoms with van der Waals surface area (Å²) in [6, 6.07) is 9.38. The van der Waals surface area contributed by atoms with Crippen LogP contribution in [0.5, 0.6) is 0 Å². The van der Waals surface area contributed by atoms with Gasteiger partial charge in [0.15, 0.2) is 0 Å². The van der Waals surface area contributed by atoms with Crippen LogP contribution in [0, 0.1) is 13.8 Å². The second-order valence-electron chi connectivity index (χ2n) is 5.37. The molecule has 0 amide bonds. The number of aromatic nitrogens is 2. The molecule has 23 heavy (non-hydrogen) atoms. The minimum absolute atomic E-state index is 0.107. The lowest BCUT2D eigenvalue weighted by Gasteiger charge is -2.11. The van der Waals surface area contributed by atoms with Crippen molar-refractivity contribution in [3.63, 3.8) is 0 Å². The molecule has 3 aromatic rings. The zero-order valence-electron chi connectivity index (χ0n) is 12.9. The topological polar surface area (TPSA) is 72.2 Å². The Morgan fingerprint density at radius 1 is 1.26 bits per heavy atom. The van der Waals surface area contributed by atoms with Gasteiger partial charge >= 0.3 is 5.97 Å². The SMILES string of the molecule is Cc1sc2nc(-c3ccccc3)n(CCC(=O)O)c(=O)c2c1C. The van der Waals surface area contributed by atoms with E-state index in [1.54, 1.807) is 0 Å². The highest BCUT2D eigenvalue weighted by Gasteiger charge is 2.17. The minimum Gasteiger partial charge on any atom is -0.481 e. The molecule has 118 valence electrons. The first kappa shape index (κ1) is 15.4. The van der Waals surface area contributed by atoms with Crippen LogP contribution in [0.15, 0.2) is 35.1 Å². The Morgan fingerprint density at radius 2 is 1.96 bits per heavy atom. The van der Waals surface area contributed by atoms with E-state index in [0.29, 0.717) is 16.0 Å². The summed E-state index contributed by atoms with van der Waals surface area (Å²) in [6.45, 7) is 3.97. The van der Waals surface area contributed by atoms with Crippen molar-refractivity contribution in [1.82, 2.24) is 9.55 Å². The normalized spacial score (nSPS) is 11.0. The molecule has 0 atom stereocenters. The fraction of sp³-hybridized carbons (Fsp3) is 0.235. The molecular weight excluding hydrogens is 312 g/mol. The largest absolute Gasteiger partial charge is 0.481 e. The lowest BCUT2D eigenvalue weighted by atomic mass is 10.2. The Bertz CT molecular complexity index is 942. The van der Waals surface area contributed by atoms with Gasteiger partial charge in [0.1, 0.15) is 10.7 Å². The Morgan fingerprint density at radius 3 is 2.61 bits per heavy atom. The third-order valence-corrected chi connectivity index (χ3v) is 4.97. The van der Waals surface area contributed by atoms with Gasteiger partial charge in [-0.25, -0.2) is 4.98 Å². The van der Waals surface area contributed by atoms with E-state index in [-0.39, 0.29) is 18.5 Å². The molecule has 1 aromatic carbocycles. The molecule has 0 fully saturated rings. The molecule has 0 aliphatic heterocycles. The number of aryl methyl sites for hydroxylation is 2. The van der Waals surface area contributed by atoms with Gasteiger partial charge in [-0.15, -0.1) is 11.3 Å². The number of nitrogens with zero attached hydrogens (tertiary/aromatic N) is 2. The summed E-state index contributed by atoms with van der Waals surface area (Å²) in [6.07, 6.45) is -0.116. The van der Waals surface area contributed by atoms with Gasteiger partial charge < -0.3 is 5.11 Å². The molecule has 0 aliphatic carbocycles. The standard InChI is InChI=1S/C17H16N2O3S/c1-10-11(2)23-16-14(10)17(22)19(9-8-13(20)21)15(18-16)12-6-4-3-5-7-12/h3-7H,8-9H2,1-2H3,(H,20,21). The first-order valence-electron chi connectivity index (χ1n) is 7.26. The van der Waals surface area contributed by atoms with E-state index in [2.05, 4.69) is 4.98 Å². The summed E-state index contributed by atoms with van der Waals surface area (Å²) in [4.78, 5) is 30.3. The van der Waals surface area contributed by atoms with Crippen LogP contribution in [-0.4, -0.2) is 20.6 Å². The lowest BCUT2D eigenvalue weighted by Crippen LogP contribution is -2.24. The van der Waals surface area contributed by atoms with E-state index in [4.69, 9.17) is 5.11 Å². The third-order valence-electron chi connectivity index (χ3n) is 3.87. The van der Waals surface area contributed by atoms with Gasteiger partial charge in [0.05, 0.1) is 11.8 Å². The van der Waals surface area contributed by atoms with Crippen LogP contribution in [0.1, 0.15) is 16.9 Å². The molecule has 0 unspecified atom stereocenters. The molecule has 2 heterocycles. The third kappa shape index (κ3) is 2.77. The fourth-order valence-corrected chi connectivity index (χ4v) is 3.57. The van der Waals surface area contributed by atoms with Crippen molar-refractivity contribution in [2.24, 2.45) is 0 Å². The van der Waals surface area contributed by atoms with Crippen LogP contribution in [0.3, 0.4) is 0 Å². The molecule has 0 aliphatic rings. The average Bonchev–Trinajstić information content (AvgIpc) is 2.82. The fourth-order valence-electron chi connectivity index (χ4n) is 2.55. The number of carbonyl (C=O) groups is 1. The lowest BCUT2D eigenvalue weighted by molar-refractivity contribution is -0.137. The van der Waals surface area contributed by atoms with Crippen LogP contribution < -0.4 is 5.56 Å². The zero-order valence-corrected chi connectivity index (χ0v) is 13.7. The van der Waals surface area contributed by atoms with Crippen molar-refractivity contribution in [2.75, 3.05) is 0 Å². The Balaban J connectivity index is 2.30. The van der Waals surface area contributed by atoms with Gasteiger partial charge in [-0.3, -0.25) is 14.2 Å². The maximum absolute atomic E-state index is 12.9. The monoisotopic (exact) mass is 328 g/mol. The zero-order chi connectivity index (χ0) is 16.6. The summed E-state index contributed by atoms with van der Waals surface area (Å²) >= 11 is 1.49. The van der Waals surface area contributed by atoms with Gasteiger partial charge in [-0.2, -0.15) is 0 Å². The van der Waals surface area contributed by atoms with E-state index in [1.807, 2.05) is 44.2 Å². The second-order valence-corrected chi connectivity index (χ2v) is 6.57. The van der Waals surface area contributed by atoms with Crippen LogP contribution in [-0.2, 0) is 11.3 Å². The van der Waals surface area contributed by atoms with Gasteiger partial charge in [0.25, 0.3) is 5.56 Å². The number of benzene rings is 1. The quantitative estimate of drug-likeness (QED) is 0.798. The predicted octanol–water partition coefficient (Wildman–Crippen LogP) is 3.22. The molecule has 0 saturated carbocycles.